The van der Waals surface area contributed by atoms with E-state index in [4.69, 9.17) is 0 Å². The zero-order valence-electron chi connectivity index (χ0n) is 16.2. The highest BCUT2D eigenvalue weighted by Crippen LogP contribution is 2.12. The van der Waals surface area contributed by atoms with Gasteiger partial charge in [0.2, 0.25) is 17.7 Å². The van der Waals surface area contributed by atoms with Crippen molar-refractivity contribution in [2.45, 2.75) is 85.9 Å². The molecule has 0 spiro atoms. The fraction of sp³-hybridized carbons (Fsp3) is 0.833. The van der Waals surface area contributed by atoms with Gasteiger partial charge in [-0.2, -0.15) is 0 Å². The van der Waals surface area contributed by atoms with Crippen LogP contribution in [0.1, 0.15) is 67.7 Å². The zero-order valence-corrected chi connectivity index (χ0v) is 16.2. The number of hydrogen-bond donors (Lipinski definition) is 3. The fourth-order valence-corrected chi connectivity index (χ4v) is 2.30. The van der Waals surface area contributed by atoms with Gasteiger partial charge in [0.1, 0.15) is 12.1 Å². The highest BCUT2D eigenvalue weighted by Gasteiger charge is 2.31. The summed E-state index contributed by atoms with van der Waals surface area (Å²) >= 11 is 0. The molecule has 0 aromatic heterocycles. The maximum Gasteiger partial charge on any atom is 0.243 e. The van der Waals surface area contributed by atoms with Gasteiger partial charge in [-0.1, -0.05) is 47.5 Å². The molecule has 0 heterocycles. The molecule has 0 saturated carbocycles. The minimum Gasteiger partial charge on any atom is -0.352 e. The van der Waals surface area contributed by atoms with Crippen LogP contribution >= 0.6 is 0 Å². The molecular formula is C18H35N3O3. The highest BCUT2D eigenvalue weighted by atomic mass is 16.2. The Morgan fingerprint density at radius 2 is 1.12 bits per heavy atom. The zero-order chi connectivity index (χ0) is 18.9. The molecule has 3 amide bonds. The largest absolute Gasteiger partial charge is 0.352 e. The maximum absolute atomic E-state index is 12.7. The minimum absolute atomic E-state index is 0.00733. The van der Waals surface area contributed by atoms with Crippen molar-refractivity contribution in [1.82, 2.24) is 16.0 Å². The van der Waals surface area contributed by atoms with Gasteiger partial charge in [0.15, 0.2) is 0 Å². The van der Waals surface area contributed by atoms with E-state index in [1.54, 1.807) is 0 Å². The van der Waals surface area contributed by atoms with Crippen molar-refractivity contribution in [3.05, 3.63) is 0 Å². The summed E-state index contributed by atoms with van der Waals surface area (Å²) in [6, 6.07) is -1.17. The first-order valence-electron chi connectivity index (χ1n) is 9.05. The van der Waals surface area contributed by atoms with E-state index in [0.717, 1.165) is 19.3 Å². The van der Waals surface area contributed by atoms with Gasteiger partial charge in [0.05, 0.1) is 0 Å². The van der Waals surface area contributed by atoms with Gasteiger partial charge in [-0.15, -0.1) is 0 Å². The Morgan fingerprint density at radius 1 is 0.708 bits per heavy atom. The van der Waals surface area contributed by atoms with E-state index in [-0.39, 0.29) is 35.6 Å². The molecule has 0 aromatic rings. The molecule has 6 nitrogen and oxygen atoms in total. The van der Waals surface area contributed by atoms with Crippen LogP contribution in [0.5, 0.6) is 0 Å². The van der Waals surface area contributed by atoms with E-state index in [1.165, 1.54) is 6.92 Å². The number of carbonyl (C=O) groups is 3. The van der Waals surface area contributed by atoms with Gasteiger partial charge in [-0.25, -0.2) is 0 Å². The van der Waals surface area contributed by atoms with Gasteiger partial charge in [-0.3, -0.25) is 14.4 Å². The first kappa shape index (κ1) is 22.4. The summed E-state index contributed by atoms with van der Waals surface area (Å²) < 4.78 is 0. The summed E-state index contributed by atoms with van der Waals surface area (Å²) in [6.07, 6.45) is 2.35. The number of amides is 3. The number of nitrogens with one attached hydrogen (secondary N) is 3. The molecule has 24 heavy (non-hydrogen) atoms. The van der Waals surface area contributed by atoms with Crippen LogP contribution in [0.15, 0.2) is 0 Å². The van der Waals surface area contributed by atoms with E-state index in [0.29, 0.717) is 0 Å². The standard InChI is InChI=1S/C18H35N3O3/c1-8-11(4)15(20-14(7)22)18(24)21-16(12(5)9-2)17(23)19-13(6)10-3/h11-13,15-16H,8-10H2,1-7H3,(H,19,23)(H,20,22)(H,21,24). The average molecular weight is 341 g/mol. The fourth-order valence-electron chi connectivity index (χ4n) is 2.30. The van der Waals surface area contributed by atoms with Gasteiger partial charge in [-0.05, 0) is 25.2 Å². The summed E-state index contributed by atoms with van der Waals surface area (Å²) in [5.74, 6) is -0.724. The Kier molecular flexibility index (Phi) is 10.3. The average Bonchev–Trinajstić information content (AvgIpc) is 2.55. The number of carbonyl (C=O) groups excluding carboxylic acids is 3. The minimum atomic E-state index is -0.629. The van der Waals surface area contributed by atoms with Gasteiger partial charge >= 0.3 is 0 Å². The predicted molar refractivity (Wildman–Crippen MR) is 96.3 cm³/mol. The van der Waals surface area contributed by atoms with E-state index in [2.05, 4.69) is 16.0 Å². The first-order valence-corrected chi connectivity index (χ1v) is 9.05. The molecule has 5 unspecified atom stereocenters. The Balaban J connectivity index is 5.19. The van der Waals surface area contributed by atoms with E-state index < -0.39 is 12.1 Å². The van der Waals surface area contributed by atoms with Crippen LogP contribution < -0.4 is 16.0 Å². The smallest absolute Gasteiger partial charge is 0.243 e. The Morgan fingerprint density at radius 3 is 1.50 bits per heavy atom. The molecule has 0 aromatic carbocycles. The maximum atomic E-state index is 12.7. The summed E-state index contributed by atoms with van der Waals surface area (Å²) in [5.41, 5.74) is 0. The summed E-state index contributed by atoms with van der Waals surface area (Å²) in [4.78, 5) is 36.6. The predicted octanol–water partition coefficient (Wildman–Crippen LogP) is 1.98. The van der Waals surface area contributed by atoms with Crippen molar-refractivity contribution in [3.8, 4) is 0 Å². The van der Waals surface area contributed by atoms with Crippen molar-refractivity contribution < 1.29 is 14.4 Å². The molecule has 0 saturated heterocycles. The monoisotopic (exact) mass is 341 g/mol. The van der Waals surface area contributed by atoms with Crippen molar-refractivity contribution >= 4 is 17.7 Å². The quantitative estimate of drug-likeness (QED) is 0.568. The molecule has 0 bridgehead atoms. The molecule has 0 aliphatic carbocycles. The second-order valence-corrected chi connectivity index (χ2v) is 6.75. The Bertz CT molecular complexity index is 426. The summed E-state index contributed by atoms with van der Waals surface area (Å²) in [7, 11) is 0. The molecule has 140 valence electrons. The SMILES string of the molecule is CCC(C)NC(=O)C(NC(=O)C(NC(C)=O)C(C)CC)C(C)CC. The third-order valence-electron chi connectivity index (χ3n) is 4.65. The van der Waals surface area contributed by atoms with Crippen LogP contribution in [-0.4, -0.2) is 35.8 Å². The Labute approximate surface area is 146 Å². The van der Waals surface area contributed by atoms with Crippen molar-refractivity contribution in [1.29, 1.82) is 0 Å². The molecule has 0 rings (SSSR count). The topological polar surface area (TPSA) is 87.3 Å². The molecule has 0 radical (unpaired) electrons. The van der Waals surface area contributed by atoms with Gasteiger partial charge in [0.25, 0.3) is 0 Å². The van der Waals surface area contributed by atoms with Crippen LogP contribution in [0.25, 0.3) is 0 Å². The second kappa shape index (κ2) is 11.0. The van der Waals surface area contributed by atoms with E-state index >= 15 is 0 Å². The normalized spacial score (nSPS) is 17.1. The summed E-state index contributed by atoms with van der Waals surface area (Å²) in [5, 5.41) is 8.48. The highest BCUT2D eigenvalue weighted by molar-refractivity contribution is 5.92. The Hall–Kier alpha value is -1.59. The van der Waals surface area contributed by atoms with Crippen molar-refractivity contribution in [2.75, 3.05) is 0 Å². The van der Waals surface area contributed by atoms with Crippen LogP contribution in [-0.2, 0) is 14.4 Å². The molecule has 0 aliphatic heterocycles. The number of rotatable bonds is 10. The van der Waals surface area contributed by atoms with Crippen LogP contribution in [0.3, 0.4) is 0 Å². The van der Waals surface area contributed by atoms with Crippen LogP contribution in [0.2, 0.25) is 0 Å². The van der Waals surface area contributed by atoms with E-state index in [9.17, 15) is 14.4 Å². The summed E-state index contributed by atoms with van der Waals surface area (Å²) in [6.45, 7) is 13.1. The molecular weight excluding hydrogens is 306 g/mol. The molecule has 0 aliphatic rings. The second-order valence-electron chi connectivity index (χ2n) is 6.75. The van der Waals surface area contributed by atoms with Crippen molar-refractivity contribution in [3.63, 3.8) is 0 Å². The molecule has 6 heteroatoms. The lowest BCUT2D eigenvalue weighted by atomic mass is 9.94. The third-order valence-corrected chi connectivity index (χ3v) is 4.65. The molecule has 3 N–H and O–H groups in total. The van der Waals surface area contributed by atoms with Crippen LogP contribution in [0, 0.1) is 11.8 Å². The lowest BCUT2D eigenvalue weighted by molar-refractivity contribution is -0.133. The first-order chi connectivity index (χ1) is 11.2. The number of hydrogen-bond acceptors (Lipinski definition) is 3. The van der Waals surface area contributed by atoms with E-state index in [1.807, 2.05) is 41.5 Å². The van der Waals surface area contributed by atoms with Gasteiger partial charge < -0.3 is 16.0 Å². The lowest BCUT2D eigenvalue weighted by Gasteiger charge is -2.29. The van der Waals surface area contributed by atoms with Crippen LogP contribution in [0.4, 0.5) is 0 Å². The van der Waals surface area contributed by atoms with Gasteiger partial charge in [0, 0.05) is 13.0 Å². The molecule has 0 fully saturated rings. The van der Waals surface area contributed by atoms with Crippen molar-refractivity contribution in [2.24, 2.45) is 11.8 Å². The molecule has 5 atom stereocenters. The lowest BCUT2D eigenvalue weighted by Crippen LogP contribution is -2.57. The third kappa shape index (κ3) is 7.32.